The monoisotopic (exact) mass is 251 g/mol. The molecule has 4 nitrogen and oxygen atoms in total. The molecule has 1 aromatic rings. The third-order valence-electron chi connectivity index (χ3n) is 1.35. The Kier molecular flexibility index (Phi) is 3.28. The average molecular weight is 252 g/mol. The molecule has 1 aromatic heterocycles. The fraction of sp³-hybridized carbons (Fsp3) is 0.500. The van der Waals surface area contributed by atoms with Gasteiger partial charge in [0.25, 0.3) is 0 Å². The van der Waals surface area contributed by atoms with Gasteiger partial charge in [-0.2, -0.15) is 5.10 Å². The van der Waals surface area contributed by atoms with Crippen LogP contribution in [0.1, 0.15) is 0 Å². The molecule has 1 rings (SSSR count). The minimum atomic E-state index is -0.780. The Morgan fingerprint density at radius 3 is 2.92 bits per heavy atom. The van der Waals surface area contributed by atoms with Crippen LogP contribution in [0.15, 0.2) is 10.7 Å². The third kappa shape index (κ3) is 2.60. The Balaban J connectivity index is 2.58. The van der Waals surface area contributed by atoms with E-state index in [2.05, 4.69) is 21.0 Å². The summed E-state index contributed by atoms with van der Waals surface area (Å²) in [6, 6.07) is 0. The van der Waals surface area contributed by atoms with Gasteiger partial charge in [-0.15, -0.1) is 0 Å². The molecule has 0 amide bonds. The molecule has 0 aliphatic heterocycles. The summed E-state index contributed by atoms with van der Waals surface area (Å²) in [4.78, 5) is 0. The van der Waals surface area contributed by atoms with Crippen molar-refractivity contribution in [3.8, 4) is 0 Å². The van der Waals surface area contributed by atoms with E-state index in [1.165, 1.54) is 0 Å². The first-order chi connectivity index (χ1) is 5.59. The van der Waals surface area contributed by atoms with Crippen molar-refractivity contribution in [2.24, 2.45) is 0 Å². The Labute approximate surface area is 81.7 Å². The largest absolute Gasteiger partial charge is 0.381 e. The normalized spacial score (nSPS) is 13.2. The summed E-state index contributed by atoms with van der Waals surface area (Å²) >= 11 is 3.24. The van der Waals surface area contributed by atoms with Crippen molar-refractivity contribution < 1.29 is 4.21 Å². The van der Waals surface area contributed by atoms with Crippen LogP contribution in [0, 0.1) is 0 Å². The summed E-state index contributed by atoms with van der Waals surface area (Å²) in [5.74, 6) is 1.07. The highest BCUT2D eigenvalue weighted by Gasteiger charge is 2.01. The number of nitrogens with two attached hydrogens (primary N) is 1. The van der Waals surface area contributed by atoms with E-state index in [1.54, 1.807) is 17.1 Å². The van der Waals surface area contributed by atoms with Crippen LogP contribution in [0.25, 0.3) is 0 Å². The van der Waals surface area contributed by atoms with Gasteiger partial charge in [0.1, 0.15) is 0 Å². The minimum Gasteiger partial charge on any atom is -0.381 e. The molecule has 1 atom stereocenters. The molecule has 1 unspecified atom stereocenters. The maximum absolute atomic E-state index is 10.7. The van der Waals surface area contributed by atoms with Gasteiger partial charge in [-0.1, -0.05) is 0 Å². The number of hydrogen-bond donors (Lipinski definition) is 1. The van der Waals surface area contributed by atoms with E-state index in [0.717, 1.165) is 4.47 Å². The van der Waals surface area contributed by atoms with Crippen LogP contribution in [0.3, 0.4) is 0 Å². The SMILES string of the molecule is CS(=O)CCn1cc(Br)c(N)n1. The number of rotatable bonds is 3. The number of aryl methyl sites for hydroxylation is 1. The predicted molar refractivity (Wildman–Crippen MR) is 53.3 cm³/mol. The highest BCUT2D eigenvalue weighted by molar-refractivity contribution is 9.10. The molecular weight excluding hydrogens is 242 g/mol. The molecule has 2 N–H and O–H groups in total. The second kappa shape index (κ2) is 4.04. The van der Waals surface area contributed by atoms with Gasteiger partial charge in [0.2, 0.25) is 0 Å². The maximum Gasteiger partial charge on any atom is 0.159 e. The molecular formula is C6H10BrN3OS. The first-order valence-corrected chi connectivity index (χ1v) is 5.90. The number of nitrogen functional groups attached to an aromatic ring is 1. The van der Waals surface area contributed by atoms with Crippen LogP contribution in [0.5, 0.6) is 0 Å². The average Bonchev–Trinajstić information content (AvgIpc) is 2.28. The van der Waals surface area contributed by atoms with Gasteiger partial charge in [-0.05, 0) is 15.9 Å². The van der Waals surface area contributed by atoms with Gasteiger partial charge in [0, 0.05) is 29.0 Å². The van der Waals surface area contributed by atoms with Crippen LogP contribution >= 0.6 is 15.9 Å². The minimum absolute atomic E-state index is 0.469. The highest BCUT2D eigenvalue weighted by Crippen LogP contribution is 2.15. The molecule has 68 valence electrons. The molecule has 1 heterocycles. The lowest BCUT2D eigenvalue weighted by Gasteiger charge is -1.96. The Morgan fingerprint density at radius 2 is 2.50 bits per heavy atom. The number of hydrogen-bond acceptors (Lipinski definition) is 3. The summed E-state index contributed by atoms with van der Waals surface area (Å²) < 4.78 is 13.2. The van der Waals surface area contributed by atoms with Gasteiger partial charge in [-0.3, -0.25) is 8.89 Å². The van der Waals surface area contributed by atoms with Crippen LogP contribution in [-0.4, -0.2) is 26.0 Å². The lowest BCUT2D eigenvalue weighted by atomic mass is 10.6. The van der Waals surface area contributed by atoms with Crippen molar-refractivity contribution >= 4 is 32.5 Å². The summed E-state index contributed by atoms with van der Waals surface area (Å²) in [6.45, 7) is 0.638. The van der Waals surface area contributed by atoms with Gasteiger partial charge < -0.3 is 5.73 Å². The number of halogens is 1. The zero-order chi connectivity index (χ0) is 9.14. The molecule has 0 aromatic carbocycles. The molecule has 0 fully saturated rings. The van der Waals surface area contributed by atoms with E-state index in [1.807, 2.05) is 0 Å². The first kappa shape index (κ1) is 9.73. The fourth-order valence-corrected chi connectivity index (χ4v) is 1.51. The van der Waals surface area contributed by atoms with Crippen LogP contribution in [0.4, 0.5) is 5.82 Å². The fourth-order valence-electron chi connectivity index (χ4n) is 0.749. The molecule has 0 aliphatic rings. The maximum atomic E-state index is 10.7. The van der Waals surface area contributed by atoms with E-state index < -0.39 is 10.8 Å². The molecule has 0 radical (unpaired) electrons. The smallest absolute Gasteiger partial charge is 0.159 e. The summed E-state index contributed by atoms with van der Waals surface area (Å²) in [6.07, 6.45) is 3.45. The lowest BCUT2D eigenvalue weighted by molar-refractivity contribution is 0.648. The molecule has 12 heavy (non-hydrogen) atoms. The number of anilines is 1. The van der Waals surface area contributed by atoms with Crippen molar-refractivity contribution in [3.05, 3.63) is 10.7 Å². The van der Waals surface area contributed by atoms with Gasteiger partial charge in [-0.25, -0.2) is 0 Å². The number of aromatic nitrogens is 2. The van der Waals surface area contributed by atoms with Crippen LogP contribution in [-0.2, 0) is 17.3 Å². The van der Waals surface area contributed by atoms with Crippen LogP contribution in [0.2, 0.25) is 0 Å². The summed E-state index contributed by atoms with van der Waals surface area (Å²) in [5.41, 5.74) is 5.49. The molecule has 6 heteroatoms. The van der Waals surface area contributed by atoms with Gasteiger partial charge in [0.05, 0.1) is 11.0 Å². The van der Waals surface area contributed by atoms with Crippen molar-refractivity contribution in [2.75, 3.05) is 17.7 Å². The molecule has 0 aliphatic carbocycles. The highest BCUT2D eigenvalue weighted by atomic mass is 79.9. The first-order valence-electron chi connectivity index (χ1n) is 3.38. The second-order valence-electron chi connectivity index (χ2n) is 2.40. The topological polar surface area (TPSA) is 60.9 Å². The van der Waals surface area contributed by atoms with Crippen molar-refractivity contribution in [1.82, 2.24) is 9.78 Å². The van der Waals surface area contributed by atoms with Crippen LogP contribution < -0.4 is 5.73 Å². The Morgan fingerprint density at radius 1 is 1.83 bits per heavy atom. The van der Waals surface area contributed by atoms with Gasteiger partial charge >= 0.3 is 0 Å². The molecule has 0 spiro atoms. The van der Waals surface area contributed by atoms with Crippen molar-refractivity contribution in [1.29, 1.82) is 0 Å². The van der Waals surface area contributed by atoms with E-state index in [9.17, 15) is 4.21 Å². The van der Waals surface area contributed by atoms with E-state index in [0.29, 0.717) is 18.1 Å². The van der Waals surface area contributed by atoms with Crippen molar-refractivity contribution in [3.63, 3.8) is 0 Å². The third-order valence-corrected chi connectivity index (χ3v) is 2.72. The summed E-state index contributed by atoms with van der Waals surface area (Å²) in [5, 5.41) is 4.00. The van der Waals surface area contributed by atoms with E-state index >= 15 is 0 Å². The van der Waals surface area contributed by atoms with Gasteiger partial charge in [0.15, 0.2) is 5.82 Å². The quantitative estimate of drug-likeness (QED) is 0.857. The Bertz CT molecular complexity index is 279. The second-order valence-corrected chi connectivity index (χ2v) is 4.81. The lowest BCUT2D eigenvalue weighted by Crippen LogP contribution is -2.07. The Hall–Kier alpha value is -0.360. The zero-order valence-corrected chi connectivity index (χ0v) is 9.06. The zero-order valence-electron chi connectivity index (χ0n) is 6.66. The van der Waals surface area contributed by atoms with E-state index in [-0.39, 0.29) is 0 Å². The predicted octanol–water partition coefficient (Wildman–Crippen LogP) is 0.606. The van der Waals surface area contributed by atoms with Crippen molar-refractivity contribution in [2.45, 2.75) is 6.54 Å². The summed E-state index contributed by atoms with van der Waals surface area (Å²) in [7, 11) is -0.780. The standard InChI is InChI=1S/C6H10BrN3OS/c1-12(11)3-2-10-4-5(7)6(8)9-10/h4H,2-3H2,1H3,(H2,8,9). The molecule has 0 bridgehead atoms. The number of nitrogens with zero attached hydrogens (tertiary/aromatic N) is 2. The van der Waals surface area contributed by atoms with E-state index in [4.69, 9.17) is 5.73 Å². The molecule has 0 saturated carbocycles. The molecule has 0 saturated heterocycles.